The Balaban J connectivity index is 2.62. The maximum atomic E-state index is 14.6. The molecule has 1 unspecified atom stereocenters. The zero-order valence-corrected chi connectivity index (χ0v) is 14.6. The van der Waals surface area contributed by atoms with E-state index >= 15 is 0 Å². The zero-order valence-electron chi connectivity index (χ0n) is 12.3. The van der Waals surface area contributed by atoms with Crippen molar-refractivity contribution in [3.05, 3.63) is 67.9 Å². The summed E-state index contributed by atoms with van der Waals surface area (Å²) in [6.07, 6.45) is 0. The van der Waals surface area contributed by atoms with Gasteiger partial charge in [0.15, 0.2) is 0 Å². The Kier molecular flexibility index (Phi) is 5.42. The second-order valence-corrected chi connectivity index (χ2v) is 6.29. The molecule has 0 amide bonds. The lowest BCUT2D eigenvalue weighted by Gasteiger charge is -2.24. The van der Waals surface area contributed by atoms with Crippen molar-refractivity contribution in [2.24, 2.45) is 0 Å². The predicted octanol–water partition coefficient (Wildman–Crippen LogP) is 5.56. The first-order valence-electron chi connectivity index (χ1n) is 6.90. The van der Waals surface area contributed by atoms with Crippen LogP contribution in [0.5, 0.6) is 0 Å². The van der Waals surface area contributed by atoms with Crippen LogP contribution in [-0.4, -0.2) is 6.54 Å². The topological polar surface area (TPSA) is 12.0 Å². The highest BCUT2D eigenvalue weighted by Crippen LogP contribution is 2.34. The van der Waals surface area contributed by atoms with E-state index in [0.717, 1.165) is 23.2 Å². The highest BCUT2D eigenvalue weighted by molar-refractivity contribution is 9.10. The van der Waals surface area contributed by atoms with Crippen LogP contribution < -0.4 is 5.32 Å². The molecule has 112 valence electrons. The predicted molar refractivity (Wildman–Crippen MR) is 90.5 cm³/mol. The van der Waals surface area contributed by atoms with Crippen molar-refractivity contribution in [2.75, 3.05) is 6.54 Å². The molecule has 0 aliphatic heterocycles. The van der Waals surface area contributed by atoms with E-state index in [1.165, 1.54) is 0 Å². The number of benzene rings is 2. The van der Waals surface area contributed by atoms with Gasteiger partial charge in [0, 0.05) is 10.0 Å². The van der Waals surface area contributed by atoms with Gasteiger partial charge < -0.3 is 5.32 Å². The number of aryl methyl sites for hydroxylation is 2. The van der Waals surface area contributed by atoms with Gasteiger partial charge >= 0.3 is 0 Å². The minimum Gasteiger partial charge on any atom is -0.306 e. The maximum absolute atomic E-state index is 14.6. The van der Waals surface area contributed by atoms with Gasteiger partial charge in [0.05, 0.1) is 11.1 Å². The van der Waals surface area contributed by atoms with Crippen LogP contribution in [0, 0.1) is 19.7 Å². The van der Waals surface area contributed by atoms with Gasteiger partial charge in [0.2, 0.25) is 0 Å². The maximum Gasteiger partial charge on any atom is 0.148 e. The standard InChI is InChI=1S/C17H18BrClFN/c1-4-21-17(14-10(2)6-5-7-11(14)3)12-8-9-13(18)15(19)16(12)20/h5-9,17,21H,4H2,1-3H3. The summed E-state index contributed by atoms with van der Waals surface area (Å²) in [7, 11) is 0. The number of nitrogens with one attached hydrogen (secondary N) is 1. The molecule has 21 heavy (non-hydrogen) atoms. The zero-order chi connectivity index (χ0) is 15.6. The van der Waals surface area contributed by atoms with E-state index in [2.05, 4.69) is 21.2 Å². The summed E-state index contributed by atoms with van der Waals surface area (Å²) >= 11 is 9.31. The highest BCUT2D eigenvalue weighted by Gasteiger charge is 2.22. The third-order valence-corrected chi connectivity index (χ3v) is 4.87. The van der Waals surface area contributed by atoms with Crippen molar-refractivity contribution < 1.29 is 4.39 Å². The lowest BCUT2D eigenvalue weighted by Crippen LogP contribution is -2.24. The number of hydrogen-bond donors (Lipinski definition) is 1. The summed E-state index contributed by atoms with van der Waals surface area (Å²) in [6.45, 7) is 6.85. The van der Waals surface area contributed by atoms with Gasteiger partial charge in [-0.1, -0.05) is 42.8 Å². The van der Waals surface area contributed by atoms with Crippen LogP contribution in [0.15, 0.2) is 34.8 Å². The smallest absolute Gasteiger partial charge is 0.148 e. The molecule has 2 aromatic rings. The Morgan fingerprint density at radius 3 is 2.38 bits per heavy atom. The average Bonchev–Trinajstić information content (AvgIpc) is 2.44. The second kappa shape index (κ2) is 6.91. The summed E-state index contributed by atoms with van der Waals surface area (Å²) in [5.74, 6) is -0.375. The van der Waals surface area contributed by atoms with Crippen LogP contribution in [0.2, 0.25) is 5.02 Å². The lowest BCUT2D eigenvalue weighted by molar-refractivity contribution is 0.556. The molecule has 2 aromatic carbocycles. The van der Waals surface area contributed by atoms with E-state index in [1.807, 2.05) is 39.0 Å². The molecule has 0 saturated heterocycles. The summed E-state index contributed by atoms with van der Waals surface area (Å²) in [4.78, 5) is 0. The Labute approximate surface area is 138 Å². The number of halogens is 3. The summed E-state index contributed by atoms with van der Waals surface area (Å²) in [5.41, 5.74) is 3.96. The summed E-state index contributed by atoms with van der Waals surface area (Å²) in [6, 6.07) is 9.48. The fourth-order valence-electron chi connectivity index (χ4n) is 2.62. The quantitative estimate of drug-likeness (QED) is 0.695. The highest BCUT2D eigenvalue weighted by atomic mass is 79.9. The Morgan fingerprint density at radius 2 is 1.81 bits per heavy atom. The van der Waals surface area contributed by atoms with Crippen LogP contribution in [0.25, 0.3) is 0 Å². The molecule has 0 aromatic heterocycles. The van der Waals surface area contributed by atoms with Gasteiger partial charge in [-0.15, -0.1) is 0 Å². The normalized spacial score (nSPS) is 12.5. The molecule has 1 nitrogen and oxygen atoms in total. The van der Waals surface area contributed by atoms with Gasteiger partial charge in [-0.3, -0.25) is 0 Å². The minimum absolute atomic E-state index is 0.127. The second-order valence-electron chi connectivity index (χ2n) is 5.06. The molecule has 0 fully saturated rings. The average molecular weight is 371 g/mol. The molecule has 0 spiro atoms. The van der Waals surface area contributed by atoms with Crippen LogP contribution >= 0.6 is 27.5 Å². The van der Waals surface area contributed by atoms with Crippen molar-refractivity contribution >= 4 is 27.5 Å². The molecule has 0 radical (unpaired) electrons. The van der Waals surface area contributed by atoms with E-state index in [4.69, 9.17) is 11.6 Å². The largest absolute Gasteiger partial charge is 0.306 e. The van der Waals surface area contributed by atoms with E-state index in [9.17, 15) is 4.39 Å². The summed E-state index contributed by atoms with van der Waals surface area (Å²) in [5, 5.41) is 3.50. The first-order valence-corrected chi connectivity index (χ1v) is 8.07. The molecule has 4 heteroatoms. The molecular weight excluding hydrogens is 353 g/mol. The van der Waals surface area contributed by atoms with Gasteiger partial charge in [0.25, 0.3) is 0 Å². The van der Waals surface area contributed by atoms with Crippen LogP contribution in [0.3, 0.4) is 0 Å². The molecule has 0 bridgehead atoms. The lowest BCUT2D eigenvalue weighted by atomic mass is 9.91. The van der Waals surface area contributed by atoms with Gasteiger partial charge in [-0.25, -0.2) is 4.39 Å². The van der Waals surface area contributed by atoms with E-state index < -0.39 is 0 Å². The van der Waals surface area contributed by atoms with E-state index in [0.29, 0.717) is 10.0 Å². The fraction of sp³-hybridized carbons (Fsp3) is 0.294. The van der Waals surface area contributed by atoms with Crippen LogP contribution in [0.1, 0.15) is 35.2 Å². The Morgan fingerprint density at radius 1 is 1.19 bits per heavy atom. The molecule has 1 atom stereocenters. The van der Waals surface area contributed by atoms with Gasteiger partial charge in [-0.2, -0.15) is 0 Å². The van der Waals surface area contributed by atoms with E-state index in [1.54, 1.807) is 12.1 Å². The molecule has 0 aliphatic carbocycles. The van der Waals surface area contributed by atoms with Crippen molar-refractivity contribution in [3.8, 4) is 0 Å². The third kappa shape index (κ3) is 3.31. The summed E-state index contributed by atoms with van der Waals surface area (Å²) < 4.78 is 15.2. The van der Waals surface area contributed by atoms with Crippen molar-refractivity contribution in [2.45, 2.75) is 26.8 Å². The van der Waals surface area contributed by atoms with E-state index in [-0.39, 0.29) is 16.9 Å². The molecule has 0 saturated carbocycles. The van der Waals surface area contributed by atoms with Crippen molar-refractivity contribution in [3.63, 3.8) is 0 Å². The third-order valence-electron chi connectivity index (χ3n) is 3.62. The van der Waals surface area contributed by atoms with Gasteiger partial charge in [0.1, 0.15) is 5.82 Å². The van der Waals surface area contributed by atoms with Crippen LogP contribution in [0.4, 0.5) is 4.39 Å². The fourth-order valence-corrected chi connectivity index (χ4v) is 3.10. The van der Waals surface area contributed by atoms with Gasteiger partial charge in [-0.05, 0) is 59.1 Å². The SMILES string of the molecule is CCNC(c1ccc(Br)c(Cl)c1F)c1c(C)cccc1C. The number of rotatable bonds is 4. The molecule has 0 aliphatic rings. The Bertz CT molecular complexity index is 637. The monoisotopic (exact) mass is 369 g/mol. The molecule has 1 N–H and O–H groups in total. The molecular formula is C17H18BrClFN. The van der Waals surface area contributed by atoms with Crippen molar-refractivity contribution in [1.29, 1.82) is 0 Å². The Hall–Kier alpha value is -0.900. The van der Waals surface area contributed by atoms with Crippen molar-refractivity contribution in [1.82, 2.24) is 5.32 Å². The minimum atomic E-state index is -0.375. The number of hydrogen-bond acceptors (Lipinski definition) is 1. The van der Waals surface area contributed by atoms with Crippen LogP contribution in [-0.2, 0) is 0 Å². The first-order chi connectivity index (χ1) is 9.97. The molecule has 0 heterocycles. The first kappa shape index (κ1) is 16.5. The molecule has 2 rings (SSSR count).